The van der Waals surface area contributed by atoms with Crippen LogP contribution in [0.25, 0.3) is 0 Å². The number of carbonyl (C=O) groups excluding carboxylic acids is 1. The summed E-state index contributed by atoms with van der Waals surface area (Å²) in [4.78, 5) is 14.8. The van der Waals surface area contributed by atoms with Gasteiger partial charge in [-0.05, 0) is 49.6 Å². The summed E-state index contributed by atoms with van der Waals surface area (Å²) in [6, 6.07) is 17.1. The van der Waals surface area contributed by atoms with Crippen LogP contribution in [0.2, 0.25) is 0 Å². The van der Waals surface area contributed by atoms with E-state index < -0.39 is 0 Å². The molecule has 1 atom stereocenters. The number of ether oxygens (including phenoxy) is 4. The Hall–Kier alpha value is -2.57. The van der Waals surface area contributed by atoms with E-state index in [1.54, 1.807) is 13.2 Å². The number of methoxy groups -OCH3 is 1. The largest absolute Gasteiger partial charge is 0.497 e. The average molecular weight is 426 g/mol. The first kappa shape index (κ1) is 21.7. The lowest BCUT2D eigenvalue weighted by Gasteiger charge is -2.46. The van der Waals surface area contributed by atoms with Crippen LogP contribution in [0.15, 0.2) is 54.6 Å². The van der Waals surface area contributed by atoms with E-state index >= 15 is 0 Å². The van der Waals surface area contributed by atoms with E-state index in [2.05, 4.69) is 0 Å². The molecule has 1 spiro atoms. The Bertz CT molecular complexity index is 848. The van der Waals surface area contributed by atoms with Gasteiger partial charge in [-0.15, -0.1) is 0 Å². The first-order valence-electron chi connectivity index (χ1n) is 11.0. The maximum atomic E-state index is 12.9. The Morgan fingerprint density at radius 2 is 1.84 bits per heavy atom. The first-order chi connectivity index (χ1) is 15.2. The quantitative estimate of drug-likeness (QED) is 0.629. The molecule has 2 aliphatic rings. The van der Waals surface area contributed by atoms with Gasteiger partial charge < -0.3 is 23.8 Å². The molecule has 2 saturated heterocycles. The summed E-state index contributed by atoms with van der Waals surface area (Å²) in [5, 5.41) is 0. The monoisotopic (exact) mass is 425 g/mol. The summed E-state index contributed by atoms with van der Waals surface area (Å²) >= 11 is 0. The van der Waals surface area contributed by atoms with Crippen LogP contribution in [0.4, 0.5) is 0 Å². The second-order valence-corrected chi connectivity index (χ2v) is 8.20. The minimum Gasteiger partial charge on any atom is -0.497 e. The number of rotatable bonds is 7. The van der Waals surface area contributed by atoms with E-state index in [0.29, 0.717) is 44.2 Å². The summed E-state index contributed by atoms with van der Waals surface area (Å²) in [5.41, 5.74) is 0.480. The van der Waals surface area contributed by atoms with Crippen LogP contribution in [0, 0.1) is 0 Å². The maximum absolute atomic E-state index is 12.9. The van der Waals surface area contributed by atoms with Gasteiger partial charge in [0.2, 0.25) is 0 Å². The molecule has 166 valence electrons. The van der Waals surface area contributed by atoms with Crippen LogP contribution >= 0.6 is 0 Å². The summed E-state index contributed by atoms with van der Waals surface area (Å²) in [6.07, 6.45) is 3.62. The summed E-state index contributed by atoms with van der Waals surface area (Å²) < 4.78 is 23.3. The Morgan fingerprint density at radius 1 is 1.06 bits per heavy atom. The Morgan fingerprint density at radius 3 is 2.61 bits per heavy atom. The highest BCUT2D eigenvalue weighted by atomic mass is 16.5. The number of carbonyl (C=O) groups is 1. The zero-order valence-corrected chi connectivity index (χ0v) is 18.1. The van der Waals surface area contributed by atoms with E-state index in [9.17, 15) is 4.79 Å². The van der Waals surface area contributed by atoms with Crippen LogP contribution in [0.3, 0.4) is 0 Å². The second kappa shape index (κ2) is 10.2. The van der Waals surface area contributed by atoms with Crippen molar-refractivity contribution in [1.82, 2.24) is 4.90 Å². The maximum Gasteiger partial charge on any atom is 0.253 e. The molecule has 4 rings (SSSR count). The van der Waals surface area contributed by atoms with E-state index in [0.717, 1.165) is 31.4 Å². The topological polar surface area (TPSA) is 57.2 Å². The van der Waals surface area contributed by atoms with Crippen molar-refractivity contribution in [3.8, 4) is 11.5 Å². The van der Waals surface area contributed by atoms with Crippen molar-refractivity contribution in [2.24, 2.45) is 0 Å². The Kier molecular flexibility index (Phi) is 7.10. The smallest absolute Gasteiger partial charge is 0.253 e. The van der Waals surface area contributed by atoms with Gasteiger partial charge in [0.15, 0.2) is 0 Å². The van der Waals surface area contributed by atoms with Gasteiger partial charge >= 0.3 is 0 Å². The number of likely N-dealkylation sites (tertiary alicyclic amines) is 1. The normalized spacial score (nSPS) is 20.4. The molecule has 0 bridgehead atoms. The number of amides is 1. The van der Waals surface area contributed by atoms with E-state index in [1.807, 2.05) is 53.4 Å². The third-order valence-electron chi connectivity index (χ3n) is 6.18. The minimum atomic E-state index is -0.186. The molecular weight excluding hydrogens is 394 g/mol. The van der Waals surface area contributed by atoms with E-state index in [4.69, 9.17) is 18.9 Å². The van der Waals surface area contributed by atoms with E-state index in [-0.39, 0.29) is 17.6 Å². The van der Waals surface area contributed by atoms with Gasteiger partial charge in [0.1, 0.15) is 18.1 Å². The lowest BCUT2D eigenvalue weighted by Crippen LogP contribution is -2.52. The molecule has 0 N–H and O–H groups in total. The molecule has 1 unspecified atom stereocenters. The van der Waals surface area contributed by atoms with Crippen LogP contribution in [-0.4, -0.2) is 62.5 Å². The average Bonchev–Trinajstić information content (AvgIpc) is 2.83. The van der Waals surface area contributed by atoms with Crippen molar-refractivity contribution >= 4 is 5.91 Å². The zero-order valence-electron chi connectivity index (χ0n) is 18.1. The zero-order chi connectivity index (χ0) is 21.5. The molecule has 31 heavy (non-hydrogen) atoms. The molecule has 2 aromatic carbocycles. The molecular formula is C25H31NO5. The van der Waals surface area contributed by atoms with Crippen LogP contribution < -0.4 is 9.47 Å². The molecule has 2 fully saturated rings. The van der Waals surface area contributed by atoms with Crippen molar-refractivity contribution in [1.29, 1.82) is 0 Å². The molecule has 2 heterocycles. The minimum absolute atomic E-state index is 0.0513. The molecule has 0 aromatic heterocycles. The molecule has 2 aromatic rings. The SMILES string of the molecule is COc1cccc(C(=O)N2CCC3(CC2)CC(OCCOc2ccccc2)CCO3)c1. The summed E-state index contributed by atoms with van der Waals surface area (Å²) in [5.74, 6) is 1.62. The predicted octanol–water partition coefficient (Wildman–Crippen LogP) is 3.94. The molecule has 0 radical (unpaired) electrons. The lowest BCUT2D eigenvalue weighted by atomic mass is 9.83. The molecule has 2 aliphatic heterocycles. The molecule has 1 amide bonds. The highest BCUT2D eigenvalue weighted by Crippen LogP contribution is 2.36. The summed E-state index contributed by atoms with van der Waals surface area (Å²) in [6.45, 7) is 3.20. The van der Waals surface area contributed by atoms with Gasteiger partial charge in [-0.3, -0.25) is 4.79 Å². The van der Waals surface area contributed by atoms with Gasteiger partial charge in [-0.1, -0.05) is 24.3 Å². The molecule has 0 saturated carbocycles. The van der Waals surface area contributed by atoms with Crippen molar-refractivity contribution in [3.05, 3.63) is 60.2 Å². The molecule has 6 nitrogen and oxygen atoms in total. The summed E-state index contributed by atoms with van der Waals surface area (Å²) in [7, 11) is 1.61. The fourth-order valence-corrected chi connectivity index (χ4v) is 4.42. The lowest BCUT2D eigenvalue weighted by molar-refractivity contribution is -0.153. The van der Waals surface area contributed by atoms with E-state index in [1.165, 1.54) is 0 Å². The van der Waals surface area contributed by atoms with Crippen molar-refractivity contribution in [2.75, 3.05) is 40.0 Å². The first-order valence-corrected chi connectivity index (χ1v) is 11.0. The van der Waals surface area contributed by atoms with Crippen LogP contribution in [-0.2, 0) is 9.47 Å². The van der Waals surface area contributed by atoms with Crippen molar-refractivity contribution < 1.29 is 23.7 Å². The van der Waals surface area contributed by atoms with Gasteiger partial charge in [0, 0.05) is 31.7 Å². The standard InChI is InChI=1S/C25H31NO5/c1-28-22-9-5-6-20(18-22)24(27)26-13-11-25(12-14-26)19-23(10-15-31-25)30-17-16-29-21-7-3-2-4-8-21/h2-9,18,23H,10-17,19H2,1H3. The number of hydrogen-bond donors (Lipinski definition) is 0. The highest BCUT2D eigenvalue weighted by molar-refractivity contribution is 5.94. The Balaban J connectivity index is 1.24. The molecule has 6 heteroatoms. The number of piperidine rings is 1. The highest BCUT2D eigenvalue weighted by Gasteiger charge is 2.41. The third kappa shape index (κ3) is 5.57. The fourth-order valence-electron chi connectivity index (χ4n) is 4.42. The van der Waals surface area contributed by atoms with Gasteiger partial charge in [-0.25, -0.2) is 0 Å². The van der Waals surface area contributed by atoms with Crippen molar-refractivity contribution in [2.45, 2.75) is 37.4 Å². The van der Waals surface area contributed by atoms with Gasteiger partial charge in [0.25, 0.3) is 5.91 Å². The third-order valence-corrected chi connectivity index (χ3v) is 6.18. The number of para-hydroxylation sites is 1. The number of benzene rings is 2. The van der Waals surface area contributed by atoms with Gasteiger partial charge in [0.05, 0.1) is 25.4 Å². The van der Waals surface area contributed by atoms with Crippen LogP contribution in [0.5, 0.6) is 11.5 Å². The van der Waals surface area contributed by atoms with Gasteiger partial charge in [-0.2, -0.15) is 0 Å². The fraction of sp³-hybridized carbons (Fsp3) is 0.480. The predicted molar refractivity (Wildman–Crippen MR) is 118 cm³/mol. The number of nitrogens with zero attached hydrogens (tertiary/aromatic N) is 1. The van der Waals surface area contributed by atoms with Crippen molar-refractivity contribution in [3.63, 3.8) is 0 Å². The Labute approximate surface area is 184 Å². The second-order valence-electron chi connectivity index (χ2n) is 8.20. The van der Waals surface area contributed by atoms with Crippen LogP contribution in [0.1, 0.15) is 36.0 Å². The molecule has 0 aliphatic carbocycles. The number of hydrogen-bond acceptors (Lipinski definition) is 5.